The van der Waals surface area contributed by atoms with Gasteiger partial charge in [-0.1, -0.05) is 12.1 Å². The number of aromatic nitrogens is 6. The fraction of sp³-hybridized carbons (Fsp3) is 0.267. The number of ether oxygens (including phenoxy) is 1. The van der Waals surface area contributed by atoms with Crippen molar-refractivity contribution in [2.75, 3.05) is 33.4 Å². The van der Waals surface area contributed by atoms with Crippen molar-refractivity contribution in [1.82, 2.24) is 39.7 Å². The predicted molar refractivity (Wildman–Crippen MR) is 153 cm³/mol. The summed E-state index contributed by atoms with van der Waals surface area (Å²) in [4.78, 5) is 37.5. The van der Waals surface area contributed by atoms with Crippen molar-refractivity contribution in [3.8, 4) is 28.7 Å². The molecule has 4 aromatic heterocycles. The largest absolute Gasteiger partial charge is 0.490 e. The molecule has 214 valence electrons. The molecule has 1 aliphatic rings. The molecule has 0 bridgehead atoms. The van der Waals surface area contributed by atoms with Gasteiger partial charge in [-0.2, -0.15) is 0 Å². The molecule has 2 N–H and O–H groups in total. The van der Waals surface area contributed by atoms with E-state index in [1.807, 2.05) is 37.4 Å². The van der Waals surface area contributed by atoms with Gasteiger partial charge in [0.2, 0.25) is 0 Å². The highest BCUT2D eigenvalue weighted by atomic mass is 19.1. The number of pyridine rings is 2. The molecule has 1 amide bonds. The average Bonchev–Trinajstić information content (AvgIpc) is 3.39. The maximum atomic E-state index is 13.8. The number of likely N-dealkylation sites (N-methyl/N-ethyl adjacent to an activating group) is 1. The zero-order chi connectivity index (χ0) is 29.1. The molecule has 42 heavy (non-hydrogen) atoms. The number of hydrogen-bond donors (Lipinski definition) is 2. The fourth-order valence-corrected chi connectivity index (χ4v) is 5.41. The number of amides is 1. The van der Waals surface area contributed by atoms with Gasteiger partial charge >= 0.3 is 0 Å². The maximum Gasteiger partial charge on any atom is 0.270 e. The molecule has 1 saturated heterocycles. The zero-order valence-electron chi connectivity index (χ0n) is 22.9. The van der Waals surface area contributed by atoms with Crippen LogP contribution >= 0.6 is 0 Å². The molecule has 11 nitrogen and oxygen atoms in total. The molecule has 0 unspecified atom stereocenters. The predicted octanol–water partition coefficient (Wildman–Crippen LogP) is 3.14. The highest BCUT2D eigenvalue weighted by Crippen LogP contribution is 2.37. The molecule has 1 aliphatic heterocycles. The van der Waals surface area contributed by atoms with E-state index in [9.17, 15) is 14.3 Å². The number of benzene rings is 1. The van der Waals surface area contributed by atoms with Gasteiger partial charge in [0.1, 0.15) is 40.9 Å². The topological polar surface area (TPSA) is 131 Å². The Labute approximate surface area is 241 Å². The summed E-state index contributed by atoms with van der Waals surface area (Å²) in [6.07, 6.45) is 6.91. The number of nitrogens with one attached hydrogen (secondary N) is 1. The number of carbonyl (C=O) groups is 1. The lowest BCUT2D eigenvalue weighted by Crippen LogP contribution is -2.50. The second kappa shape index (κ2) is 12.0. The zero-order valence-corrected chi connectivity index (χ0v) is 22.9. The van der Waals surface area contributed by atoms with E-state index in [2.05, 4.69) is 34.7 Å². The number of aliphatic hydroxyl groups is 1. The Hall–Kier alpha value is -4.81. The number of imidazole rings is 1. The van der Waals surface area contributed by atoms with E-state index in [0.29, 0.717) is 48.1 Å². The van der Waals surface area contributed by atoms with Gasteiger partial charge in [-0.15, -0.1) is 0 Å². The van der Waals surface area contributed by atoms with Gasteiger partial charge < -0.3 is 24.6 Å². The lowest BCUT2D eigenvalue weighted by Gasteiger charge is -2.37. The van der Waals surface area contributed by atoms with Crippen molar-refractivity contribution in [3.63, 3.8) is 0 Å². The number of carbonyl (C=O) groups excluding carboxylic acids is 1. The van der Waals surface area contributed by atoms with E-state index in [4.69, 9.17) is 9.72 Å². The van der Waals surface area contributed by atoms with Crippen LogP contribution in [-0.4, -0.2) is 84.8 Å². The Morgan fingerprint density at radius 2 is 1.90 bits per heavy atom. The van der Waals surface area contributed by atoms with Crippen molar-refractivity contribution < 1.29 is 19.0 Å². The minimum Gasteiger partial charge on any atom is -0.490 e. The SMILES string of the molecule is CN1C[C@H](NC(=O)c2cc(F)ccn2)C[C@H](n2c(-c3ccccc3OCCO)nc3cnc(-c4ncccn4)cc32)C1. The van der Waals surface area contributed by atoms with Crippen molar-refractivity contribution in [1.29, 1.82) is 0 Å². The molecule has 0 spiro atoms. The summed E-state index contributed by atoms with van der Waals surface area (Å²) in [6, 6.07) is 13.2. The Bertz CT molecular complexity index is 1710. The highest BCUT2D eigenvalue weighted by Gasteiger charge is 2.32. The van der Waals surface area contributed by atoms with Crippen LogP contribution in [0.3, 0.4) is 0 Å². The lowest BCUT2D eigenvalue weighted by molar-refractivity contribution is 0.0888. The molecule has 1 fully saturated rings. The molecule has 5 aromatic rings. The Kier molecular flexibility index (Phi) is 7.80. The number of hydrogen-bond acceptors (Lipinski definition) is 9. The monoisotopic (exact) mass is 568 g/mol. The number of halogens is 1. The van der Waals surface area contributed by atoms with Gasteiger partial charge in [0.25, 0.3) is 5.91 Å². The molecule has 0 saturated carbocycles. The number of nitrogens with zero attached hydrogens (tertiary/aromatic N) is 7. The van der Waals surface area contributed by atoms with Gasteiger partial charge in [-0.25, -0.2) is 19.3 Å². The molecule has 1 aromatic carbocycles. The van der Waals surface area contributed by atoms with Gasteiger partial charge in [-0.3, -0.25) is 14.8 Å². The summed E-state index contributed by atoms with van der Waals surface area (Å²) in [7, 11) is 1.99. The standard InChI is InChI=1S/C30H29FN8O3/c1-38-17-20(36-30(41)24-13-19(31)7-10-32-24)14-21(18-38)39-26-15-23(28-33-8-4-9-34-28)35-16-25(26)37-29(39)22-5-2-3-6-27(22)42-12-11-40/h2-10,13,15-16,20-21,40H,11-12,14,17-18H2,1H3,(H,36,41)/t20-,21+/m1/s1. The summed E-state index contributed by atoms with van der Waals surface area (Å²) >= 11 is 0. The van der Waals surface area contributed by atoms with E-state index < -0.39 is 11.7 Å². The van der Waals surface area contributed by atoms with E-state index in [-0.39, 0.29) is 31.0 Å². The minimum absolute atomic E-state index is 0.0297. The van der Waals surface area contributed by atoms with Gasteiger partial charge in [0, 0.05) is 43.8 Å². The summed E-state index contributed by atoms with van der Waals surface area (Å²) in [5.41, 5.74) is 2.90. The lowest BCUT2D eigenvalue weighted by atomic mass is 9.99. The van der Waals surface area contributed by atoms with E-state index in [1.54, 1.807) is 24.7 Å². The van der Waals surface area contributed by atoms with Crippen LogP contribution in [0.1, 0.15) is 23.0 Å². The van der Waals surface area contributed by atoms with Crippen molar-refractivity contribution >= 4 is 16.9 Å². The number of piperidine rings is 1. The number of fused-ring (bicyclic) bond motifs is 1. The molecule has 0 radical (unpaired) electrons. The number of aliphatic hydroxyl groups excluding tert-OH is 1. The van der Waals surface area contributed by atoms with Crippen LogP contribution in [0, 0.1) is 5.82 Å². The van der Waals surface area contributed by atoms with Crippen LogP contribution in [0.15, 0.2) is 73.3 Å². The van der Waals surface area contributed by atoms with E-state index in [1.165, 1.54) is 12.3 Å². The molecule has 6 rings (SSSR count). The Morgan fingerprint density at radius 3 is 2.71 bits per heavy atom. The Balaban J connectivity index is 1.43. The first-order chi connectivity index (χ1) is 20.5. The van der Waals surface area contributed by atoms with Crippen molar-refractivity contribution in [3.05, 3.63) is 84.8 Å². The van der Waals surface area contributed by atoms with Crippen LogP contribution in [0.2, 0.25) is 0 Å². The molecule has 12 heteroatoms. The summed E-state index contributed by atoms with van der Waals surface area (Å²) < 4.78 is 21.8. The number of likely N-dealkylation sites (tertiary alicyclic amines) is 1. The van der Waals surface area contributed by atoms with Gasteiger partial charge in [-0.05, 0) is 43.8 Å². The molecular weight excluding hydrogens is 539 g/mol. The summed E-state index contributed by atoms with van der Waals surface area (Å²) in [6.45, 7) is 1.31. The van der Waals surface area contributed by atoms with Crippen molar-refractivity contribution in [2.24, 2.45) is 0 Å². The molecule has 2 atom stereocenters. The Morgan fingerprint density at radius 1 is 1.07 bits per heavy atom. The second-order valence-corrected chi connectivity index (χ2v) is 10.1. The van der Waals surface area contributed by atoms with Crippen LogP contribution in [0.25, 0.3) is 33.9 Å². The minimum atomic E-state index is -0.516. The smallest absolute Gasteiger partial charge is 0.270 e. The van der Waals surface area contributed by atoms with E-state index in [0.717, 1.165) is 17.1 Å². The highest BCUT2D eigenvalue weighted by molar-refractivity contribution is 5.92. The van der Waals surface area contributed by atoms with Crippen LogP contribution in [0.4, 0.5) is 4.39 Å². The third kappa shape index (κ3) is 5.67. The van der Waals surface area contributed by atoms with Crippen LogP contribution in [-0.2, 0) is 0 Å². The quantitative estimate of drug-likeness (QED) is 0.290. The number of para-hydroxylation sites is 1. The van der Waals surface area contributed by atoms with Crippen LogP contribution < -0.4 is 10.1 Å². The van der Waals surface area contributed by atoms with Crippen molar-refractivity contribution in [2.45, 2.75) is 18.5 Å². The third-order valence-electron chi connectivity index (χ3n) is 7.11. The molecule has 0 aliphatic carbocycles. The molecular formula is C30H29FN8O3. The first-order valence-corrected chi connectivity index (χ1v) is 13.6. The summed E-state index contributed by atoms with van der Waals surface area (Å²) in [5.74, 6) is 0.809. The first kappa shape index (κ1) is 27.4. The maximum absolute atomic E-state index is 13.8. The molecule has 5 heterocycles. The van der Waals surface area contributed by atoms with Crippen LogP contribution in [0.5, 0.6) is 5.75 Å². The summed E-state index contributed by atoms with van der Waals surface area (Å²) in [5, 5.41) is 12.4. The first-order valence-electron chi connectivity index (χ1n) is 13.6. The normalized spacial score (nSPS) is 17.3. The average molecular weight is 569 g/mol. The van der Waals surface area contributed by atoms with E-state index >= 15 is 0 Å². The second-order valence-electron chi connectivity index (χ2n) is 10.1. The van der Waals surface area contributed by atoms with Gasteiger partial charge in [0.05, 0.1) is 29.9 Å². The van der Waals surface area contributed by atoms with Gasteiger partial charge in [0.15, 0.2) is 5.82 Å². The fourth-order valence-electron chi connectivity index (χ4n) is 5.41. The number of rotatable bonds is 8. The third-order valence-corrected chi connectivity index (χ3v) is 7.11.